The minimum atomic E-state index is -0.828. The predicted molar refractivity (Wildman–Crippen MR) is 163 cm³/mol. The molecule has 3 amide bonds. The zero-order valence-electron chi connectivity index (χ0n) is 24.7. The third kappa shape index (κ3) is 8.01. The maximum atomic E-state index is 13.9. The van der Waals surface area contributed by atoms with Gasteiger partial charge in [-0.3, -0.25) is 9.59 Å². The molecule has 2 aliphatic rings. The SMILES string of the molecule is O=C(NCCC[C@@H]1NC(=O)C2(CCN(CCc3ccccc3)CC2)N(CCCn2ccnc2)C1=O)OCc1ccccc1. The van der Waals surface area contributed by atoms with E-state index < -0.39 is 17.7 Å². The molecule has 2 N–H and O–H groups in total. The van der Waals surface area contributed by atoms with Gasteiger partial charge in [0.1, 0.15) is 18.2 Å². The second kappa shape index (κ2) is 14.8. The summed E-state index contributed by atoms with van der Waals surface area (Å²) in [6.45, 7) is 4.26. The number of aryl methyl sites for hydroxylation is 1. The highest BCUT2D eigenvalue weighted by molar-refractivity contribution is 6.00. The number of likely N-dealkylation sites (tertiary alicyclic amines) is 1. The molecule has 3 aromatic rings. The lowest BCUT2D eigenvalue weighted by molar-refractivity contribution is -0.161. The summed E-state index contributed by atoms with van der Waals surface area (Å²) in [5.74, 6) is -0.0905. The molecule has 2 aliphatic heterocycles. The Morgan fingerprint density at radius 3 is 2.37 bits per heavy atom. The van der Waals surface area contributed by atoms with Crippen LogP contribution in [0.1, 0.15) is 43.2 Å². The van der Waals surface area contributed by atoms with Gasteiger partial charge in [0.05, 0.1) is 6.33 Å². The van der Waals surface area contributed by atoms with Crippen molar-refractivity contribution in [1.29, 1.82) is 0 Å². The number of ether oxygens (including phenoxy) is 1. The molecule has 0 unspecified atom stereocenters. The van der Waals surface area contributed by atoms with E-state index in [1.807, 2.05) is 52.1 Å². The summed E-state index contributed by atoms with van der Waals surface area (Å²) < 4.78 is 7.26. The fourth-order valence-corrected chi connectivity index (χ4v) is 6.07. The molecule has 0 radical (unpaired) electrons. The van der Waals surface area contributed by atoms with Gasteiger partial charge in [-0.15, -0.1) is 0 Å². The molecule has 10 nitrogen and oxygen atoms in total. The van der Waals surface area contributed by atoms with Crippen molar-refractivity contribution in [2.24, 2.45) is 0 Å². The third-order valence-electron chi connectivity index (χ3n) is 8.56. The topological polar surface area (TPSA) is 109 Å². The van der Waals surface area contributed by atoms with Crippen LogP contribution in [0.25, 0.3) is 0 Å². The number of imidazole rings is 1. The molecule has 1 atom stereocenters. The molecule has 0 bridgehead atoms. The number of benzene rings is 2. The van der Waals surface area contributed by atoms with Gasteiger partial charge in [0.25, 0.3) is 0 Å². The van der Waals surface area contributed by atoms with E-state index in [0.717, 1.165) is 44.6 Å². The van der Waals surface area contributed by atoms with Crippen molar-refractivity contribution in [3.05, 3.63) is 90.5 Å². The number of piperazine rings is 1. The van der Waals surface area contributed by atoms with Gasteiger partial charge in [-0.1, -0.05) is 60.7 Å². The number of aromatic nitrogens is 2. The van der Waals surface area contributed by atoms with Crippen LogP contribution in [0, 0.1) is 0 Å². The Balaban J connectivity index is 1.14. The van der Waals surface area contributed by atoms with Crippen molar-refractivity contribution in [2.45, 2.75) is 63.3 Å². The van der Waals surface area contributed by atoms with Gasteiger partial charge in [0.15, 0.2) is 0 Å². The molecule has 1 spiro atoms. The quantitative estimate of drug-likeness (QED) is 0.297. The molecule has 5 rings (SSSR count). The van der Waals surface area contributed by atoms with E-state index in [1.54, 1.807) is 12.5 Å². The summed E-state index contributed by atoms with van der Waals surface area (Å²) in [6.07, 6.45) is 8.84. The van der Waals surface area contributed by atoms with E-state index in [1.165, 1.54) is 5.56 Å². The molecular formula is C33H42N6O4. The highest BCUT2D eigenvalue weighted by Gasteiger charge is 2.53. The molecule has 10 heteroatoms. The number of hydrogen-bond donors (Lipinski definition) is 2. The first-order valence-corrected chi connectivity index (χ1v) is 15.3. The van der Waals surface area contributed by atoms with Crippen LogP contribution in [0.2, 0.25) is 0 Å². The van der Waals surface area contributed by atoms with Gasteiger partial charge in [-0.05, 0) is 49.7 Å². The van der Waals surface area contributed by atoms with Crippen molar-refractivity contribution < 1.29 is 19.1 Å². The predicted octanol–water partition coefficient (Wildman–Crippen LogP) is 3.38. The Labute approximate surface area is 253 Å². The molecule has 43 heavy (non-hydrogen) atoms. The van der Waals surface area contributed by atoms with E-state index in [2.05, 4.69) is 44.8 Å². The monoisotopic (exact) mass is 586 g/mol. The van der Waals surface area contributed by atoms with Crippen LogP contribution in [-0.2, 0) is 33.9 Å². The zero-order chi connectivity index (χ0) is 29.9. The number of nitrogens with zero attached hydrogens (tertiary/aromatic N) is 4. The van der Waals surface area contributed by atoms with Gasteiger partial charge < -0.3 is 29.7 Å². The van der Waals surface area contributed by atoms with Crippen molar-refractivity contribution >= 4 is 17.9 Å². The smallest absolute Gasteiger partial charge is 0.407 e. The van der Waals surface area contributed by atoms with Crippen LogP contribution in [-0.4, -0.2) is 81.6 Å². The van der Waals surface area contributed by atoms with Crippen molar-refractivity contribution in [3.8, 4) is 0 Å². The molecule has 0 aliphatic carbocycles. The summed E-state index contributed by atoms with van der Waals surface area (Å²) in [4.78, 5) is 48.1. The van der Waals surface area contributed by atoms with Crippen molar-refractivity contribution in [3.63, 3.8) is 0 Å². The van der Waals surface area contributed by atoms with Crippen LogP contribution in [0.4, 0.5) is 4.79 Å². The van der Waals surface area contributed by atoms with E-state index in [-0.39, 0.29) is 18.4 Å². The van der Waals surface area contributed by atoms with E-state index in [4.69, 9.17) is 4.74 Å². The van der Waals surface area contributed by atoms with Gasteiger partial charge >= 0.3 is 6.09 Å². The Morgan fingerprint density at radius 1 is 0.953 bits per heavy atom. The number of carbonyl (C=O) groups is 3. The fourth-order valence-electron chi connectivity index (χ4n) is 6.07. The first kappa shape index (κ1) is 30.3. The largest absolute Gasteiger partial charge is 0.445 e. The van der Waals surface area contributed by atoms with Crippen molar-refractivity contribution in [1.82, 2.24) is 30.0 Å². The summed E-state index contributed by atoms with van der Waals surface area (Å²) >= 11 is 0. The van der Waals surface area contributed by atoms with Crippen LogP contribution in [0.5, 0.6) is 0 Å². The Kier molecular flexibility index (Phi) is 10.4. The van der Waals surface area contributed by atoms with Crippen LogP contribution < -0.4 is 10.6 Å². The summed E-state index contributed by atoms with van der Waals surface area (Å²) in [5.41, 5.74) is 1.39. The van der Waals surface area contributed by atoms with Crippen LogP contribution in [0.15, 0.2) is 79.4 Å². The van der Waals surface area contributed by atoms with E-state index >= 15 is 0 Å². The van der Waals surface area contributed by atoms with Gasteiger partial charge in [-0.2, -0.15) is 0 Å². The maximum Gasteiger partial charge on any atom is 0.407 e. The van der Waals surface area contributed by atoms with Crippen molar-refractivity contribution in [2.75, 3.05) is 32.7 Å². The minimum absolute atomic E-state index is 0.0328. The lowest BCUT2D eigenvalue weighted by atomic mass is 9.81. The van der Waals surface area contributed by atoms with Gasteiger partial charge in [0.2, 0.25) is 11.8 Å². The van der Waals surface area contributed by atoms with Crippen LogP contribution in [0.3, 0.4) is 0 Å². The number of piperidine rings is 1. The fraction of sp³-hybridized carbons (Fsp3) is 0.455. The summed E-state index contributed by atoms with van der Waals surface area (Å²) in [6, 6.07) is 19.3. The second-order valence-corrected chi connectivity index (χ2v) is 11.4. The number of carbonyl (C=O) groups excluding carboxylic acids is 3. The third-order valence-corrected chi connectivity index (χ3v) is 8.56. The number of hydrogen-bond acceptors (Lipinski definition) is 6. The van der Waals surface area contributed by atoms with Gasteiger partial charge in [0, 0.05) is 51.7 Å². The van der Waals surface area contributed by atoms with Gasteiger partial charge in [-0.25, -0.2) is 9.78 Å². The standard InChI is InChI=1S/C33H42N6O4/c40-30-29(13-7-17-35-32(42)43-25-28-11-5-2-6-12-28)36-31(41)33(39(30)20-8-19-38-24-18-34-26-38)15-22-37(23-16-33)21-14-27-9-3-1-4-10-27/h1-6,9-12,18,24,26,29H,7-8,13-17,19-23,25H2,(H,35,42)(H,36,41)/t29-/m0/s1. The summed E-state index contributed by atoms with van der Waals surface area (Å²) in [7, 11) is 0. The Morgan fingerprint density at radius 2 is 1.67 bits per heavy atom. The Bertz CT molecular complexity index is 1310. The molecule has 2 aromatic carbocycles. The molecule has 2 saturated heterocycles. The number of nitrogens with one attached hydrogen (secondary N) is 2. The lowest BCUT2D eigenvalue weighted by Crippen LogP contribution is -2.73. The van der Waals surface area contributed by atoms with E-state index in [0.29, 0.717) is 38.8 Å². The highest BCUT2D eigenvalue weighted by Crippen LogP contribution is 2.34. The average Bonchev–Trinajstić information content (AvgIpc) is 3.57. The zero-order valence-corrected chi connectivity index (χ0v) is 24.7. The maximum absolute atomic E-state index is 13.9. The van der Waals surface area contributed by atoms with Crippen LogP contribution >= 0.6 is 0 Å². The number of alkyl carbamates (subject to hydrolysis) is 1. The number of rotatable bonds is 13. The Hall–Kier alpha value is -4.18. The molecular weight excluding hydrogens is 544 g/mol. The minimum Gasteiger partial charge on any atom is -0.445 e. The second-order valence-electron chi connectivity index (χ2n) is 11.4. The first-order valence-electron chi connectivity index (χ1n) is 15.3. The highest BCUT2D eigenvalue weighted by atomic mass is 16.5. The number of amides is 3. The first-order chi connectivity index (χ1) is 21.0. The molecule has 3 heterocycles. The molecule has 0 saturated carbocycles. The normalized spacial score (nSPS) is 18.4. The summed E-state index contributed by atoms with van der Waals surface area (Å²) in [5, 5.41) is 5.81. The van der Waals surface area contributed by atoms with E-state index in [9.17, 15) is 14.4 Å². The average molecular weight is 587 g/mol. The molecule has 228 valence electrons. The molecule has 2 fully saturated rings. The lowest BCUT2D eigenvalue weighted by Gasteiger charge is -2.51. The molecule has 1 aromatic heterocycles.